The molecular weight excluding hydrogens is 510 g/mol. The summed E-state index contributed by atoms with van der Waals surface area (Å²) < 4.78 is 2.22. The van der Waals surface area contributed by atoms with E-state index in [-0.39, 0.29) is 17.4 Å². The maximum absolute atomic E-state index is 14.5. The molecule has 0 aliphatic carbocycles. The number of aromatic hydroxyl groups is 1. The van der Waals surface area contributed by atoms with Crippen LogP contribution in [0.3, 0.4) is 0 Å². The van der Waals surface area contributed by atoms with Crippen molar-refractivity contribution in [2.75, 3.05) is 26.2 Å². The number of amides is 1. The number of benzene rings is 2. The van der Waals surface area contributed by atoms with E-state index in [1.165, 1.54) is 12.0 Å². The topological polar surface area (TPSA) is 65.8 Å². The molecule has 0 unspecified atom stereocenters. The minimum Gasteiger partial charge on any atom is -0.507 e. The van der Waals surface area contributed by atoms with Crippen molar-refractivity contribution in [1.29, 1.82) is 0 Å². The molecule has 1 amide bonds. The lowest BCUT2D eigenvalue weighted by atomic mass is 9.96. The van der Waals surface area contributed by atoms with E-state index in [0.29, 0.717) is 30.6 Å². The lowest BCUT2D eigenvalue weighted by molar-refractivity contribution is 0.0751. The van der Waals surface area contributed by atoms with Gasteiger partial charge in [-0.1, -0.05) is 70.4 Å². The van der Waals surface area contributed by atoms with Crippen LogP contribution in [0.2, 0.25) is 0 Å². The molecule has 1 aliphatic heterocycles. The summed E-state index contributed by atoms with van der Waals surface area (Å²) in [5.41, 5.74) is 4.83. The number of hydrogen-bond acceptors (Lipinski definition) is 4. The first-order valence-electron chi connectivity index (χ1n) is 15.9. The average molecular weight is 560 g/mol. The lowest BCUT2D eigenvalue weighted by Crippen LogP contribution is -2.33. The highest BCUT2D eigenvalue weighted by Gasteiger charge is 2.30. The third kappa shape index (κ3) is 7.03. The van der Waals surface area contributed by atoms with E-state index < -0.39 is 0 Å². The van der Waals surface area contributed by atoms with Gasteiger partial charge in [0.1, 0.15) is 5.75 Å². The predicted molar refractivity (Wildman–Crippen MR) is 168 cm³/mol. The highest BCUT2D eigenvalue weighted by molar-refractivity contribution is 6.12. The third-order valence-electron chi connectivity index (χ3n) is 8.67. The second-order valence-electron chi connectivity index (χ2n) is 11.6. The molecule has 6 heteroatoms. The number of aromatic nitrogens is 1. The zero-order chi connectivity index (χ0) is 29.4. The Morgan fingerprint density at radius 1 is 0.951 bits per heavy atom. The Hall–Kier alpha value is -3.12. The van der Waals surface area contributed by atoms with Crippen LogP contribution in [-0.4, -0.2) is 57.3 Å². The largest absolute Gasteiger partial charge is 0.507 e. The molecule has 6 nitrogen and oxygen atoms in total. The Morgan fingerprint density at radius 2 is 1.61 bits per heavy atom. The van der Waals surface area contributed by atoms with E-state index in [4.69, 9.17) is 0 Å². The number of phenolic OH excluding ortho intramolecular Hbond substituents is 1. The fraction of sp³-hybridized carbons (Fsp3) is 0.543. The number of aryl methyl sites for hydroxylation is 2. The molecule has 0 atom stereocenters. The van der Waals surface area contributed by atoms with Gasteiger partial charge in [0.25, 0.3) is 5.91 Å². The zero-order valence-corrected chi connectivity index (χ0v) is 25.7. The van der Waals surface area contributed by atoms with E-state index in [0.717, 1.165) is 93.3 Å². The van der Waals surface area contributed by atoms with Crippen LogP contribution < -0.4 is 0 Å². The molecule has 4 rings (SSSR count). The molecule has 222 valence electrons. The first kappa shape index (κ1) is 30.8. The van der Waals surface area contributed by atoms with E-state index in [1.807, 2.05) is 30.9 Å². The minimum absolute atomic E-state index is 0.0433. The van der Waals surface area contributed by atoms with Crippen LogP contribution in [0, 0.1) is 6.92 Å². The third-order valence-corrected chi connectivity index (χ3v) is 8.67. The van der Waals surface area contributed by atoms with Crippen molar-refractivity contribution in [3.8, 4) is 5.75 Å². The molecule has 0 bridgehead atoms. The van der Waals surface area contributed by atoms with Gasteiger partial charge in [-0.3, -0.25) is 14.5 Å². The van der Waals surface area contributed by atoms with Gasteiger partial charge in [0, 0.05) is 49.2 Å². The fourth-order valence-corrected chi connectivity index (χ4v) is 6.21. The van der Waals surface area contributed by atoms with Gasteiger partial charge < -0.3 is 14.6 Å². The normalized spacial score (nSPS) is 14.0. The van der Waals surface area contributed by atoms with Gasteiger partial charge >= 0.3 is 0 Å². The van der Waals surface area contributed by atoms with Crippen molar-refractivity contribution >= 4 is 22.6 Å². The summed E-state index contributed by atoms with van der Waals surface area (Å²) in [5.74, 6) is 0.0257. The maximum Gasteiger partial charge on any atom is 0.256 e. The number of piperidine rings is 1. The number of nitrogens with zero attached hydrogens (tertiary/aromatic N) is 3. The smallest absolute Gasteiger partial charge is 0.256 e. The first-order chi connectivity index (χ1) is 19.9. The summed E-state index contributed by atoms with van der Waals surface area (Å²) in [6.45, 7) is 12.8. The quantitative estimate of drug-likeness (QED) is 0.208. The number of rotatable bonds is 14. The molecule has 2 heterocycles. The SMILES string of the molecule is CCCCN(CCCC)C(=O)c1c(C)n(CCc2ccccc2)c2cc(C(=O)CC)c(O)c(CN3CCCCC3)c12. The Bertz CT molecular complexity index is 1310. The van der Waals surface area contributed by atoms with Gasteiger partial charge in [-0.15, -0.1) is 0 Å². The molecule has 1 saturated heterocycles. The molecule has 0 radical (unpaired) electrons. The van der Waals surface area contributed by atoms with Crippen molar-refractivity contribution in [1.82, 2.24) is 14.4 Å². The van der Waals surface area contributed by atoms with Gasteiger partial charge in [0.15, 0.2) is 5.78 Å². The number of hydrogen-bond donors (Lipinski definition) is 1. The molecule has 1 aliphatic rings. The van der Waals surface area contributed by atoms with E-state index >= 15 is 0 Å². The molecule has 41 heavy (non-hydrogen) atoms. The number of unbranched alkanes of at least 4 members (excludes halogenated alkanes) is 2. The number of carbonyl (C=O) groups is 2. The van der Waals surface area contributed by atoms with E-state index in [9.17, 15) is 14.7 Å². The number of carbonyl (C=O) groups excluding carboxylic acids is 2. The molecule has 1 N–H and O–H groups in total. The van der Waals surface area contributed by atoms with Gasteiger partial charge in [-0.2, -0.15) is 0 Å². The molecule has 2 aromatic carbocycles. The number of ketones is 1. The van der Waals surface area contributed by atoms with Crippen LogP contribution in [-0.2, 0) is 19.5 Å². The summed E-state index contributed by atoms with van der Waals surface area (Å²) in [5, 5.41) is 12.5. The zero-order valence-electron chi connectivity index (χ0n) is 25.7. The molecule has 1 fully saturated rings. The van der Waals surface area contributed by atoms with E-state index in [1.54, 1.807) is 0 Å². The van der Waals surface area contributed by atoms with Gasteiger partial charge in [-0.25, -0.2) is 0 Å². The van der Waals surface area contributed by atoms with Crippen LogP contribution in [0.4, 0.5) is 0 Å². The highest BCUT2D eigenvalue weighted by Crippen LogP contribution is 2.39. The lowest BCUT2D eigenvalue weighted by Gasteiger charge is -2.28. The van der Waals surface area contributed by atoms with Crippen LogP contribution in [0.15, 0.2) is 36.4 Å². The van der Waals surface area contributed by atoms with Crippen molar-refractivity contribution < 1.29 is 14.7 Å². The van der Waals surface area contributed by atoms with Gasteiger partial charge in [0.2, 0.25) is 0 Å². The fourth-order valence-electron chi connectivity index (χ4n) is 6.21. The Balaban J connectivity index is 1.93. The number of Topliss-reactive ketones (excluding diaryl/α,β-unsaturated/α-hetero) is 1. The second kappa shape index (κ2) is 14.7. The number of fused-ring (bicyclic) bond motifs is 1. The summed E-state index contributed by atoms with van der Waals surface area (Å²) in [6.07, 6.45) is 8.57. The maximum atomic E-state index is 14.5. The molecule has 0 spiro atoms. The van der Waals surface area contributed by atoms with Gasteiger partial charge in [0.05, 0.1) is 16.6 Å². The van der Waals surface area contributed by atoms with Crippen molar-refractivity contribution in [2.45, 2.75) is 98.6 Å². The summed E-state index contributed by atoms with van der Waals surface area (Å²) >= 11 is 0. The van der Waals surface area contributed by atoms with Crippen LogP contribution >= 0.6 is 0 Å². The average Bonchev–Trinajstić information content (AvgIpc) is 3.28. The summed E-state index contributed by atoms with van der Waals surface area (Å²) in [4.78, 5) is 32.0. The predicted octanol–water partition coefficient (Wildman–Crippen LogP) is 7.52. The number of likely N-dealkylation sites (tertiary alicyclic amines) is 1. The van der Waals surface area contributed by atoms with Crippen molar-refractivity contribution in [2.24, 2.45) is 0 Å². The molecule has 3 aromatic rings. The second-order valence-corrected chi connectivity index (χ2v) is 11.6. The summed E-state index contributed by atoms with van der Waals surface area (Å²) in [7, 11) is 0. The van der Waals surface area contributed by atoms with Crippen LogP contribution in [0.5, 0.6) is 5.75 Å². The van der Waals surface area contributed by atoms with Crippen molar-refractivity contribution in [3.05, 3.63) is 64.3 Å². The van der Waals surface area contributed by atoms with Crippen molar-refractivity contribution in [3.63, 3.8) is 0 Å². The van der Waals surface area contributed by atoms with E-state index in [2.05, 4.69) is 47.6 Å². The summed E-state index contributed by atoms with van der Waals surface area (Å²) in [6, 6.07) is 12.2. The first-order valence-corrected chi connectivity index (χ1v) is 15.9. The minimum atomic E-state index is -0.0712. The highest BCUT2D eigenvalue weighted by atomic mass is 16.3. The molecule has 0 saturated carbocycles. The standard InChI is InChI=1S/C35H49N3O3/c1-5-8-21-37(22-9-6-2)35(41)32-26(4)38(23-18-27-16-12-10-13-17-27)30-24-28(31(39)7-3)34(40)29(33(30)32)25-36-19-14-11-15-20-36/h10,12-13,16-17,24,40H,5-9,11,14-15,18-23,25H2,1-4H3. The molecular formula is C35H49N3O3. The molecule has 1 aromatic heterocycles. The monoisotopic (exact) mass is 559 g/mol. The van der Waals surface area contributed by atoms with Gasteiger partial charge in [-0.05, 0) is 63.7 Å². The Kier molecular flexibility index (Phi) is 11.0. The van der Waals surface area contributed by atoms with Crippen LogP contribution in [0.25, 0.3) is 10.9 Å². The Morgan fingerprint density at radius 3 is 2.22 bits per heavy atom. The number of phenols is 1. The Labute approximate surface area is 246 Å². The van der Waals surface area contributed by atoms with Crippen LogP contribution in [0.1, 0.15) is 110 Å².